The molecule has 0 aromatic carbocycles. The summed E-state index contributed by atoms with van der Waals surface area (Å²) in [4.78, 5) is 25.9. The van der Waals surface area contributed by atoms with Crippen molar-refractivity contribution in [2.24, 2.45) is 5.84 Å². The van der Waals surface area contributed by atoms with E-state index in [-0.39, 0.29) is 11.3 Å². The zero-order valence-electron chi connectivity index (χ0n) is 6.73. The number of thiazole rings is 1. The Kier molecular flexibility index (Phi) is 3.62. The number of nitrogens with zero attached hydrogens (tertiary/aromatic N) is 1. The molecular weight excluding hydrogens is 194 g/mol. The van der Waals surface area contributed by atoms with Crippen LogP contribution in [0.4, 0.5) is 0 Å². The fourth-order valence-electron chi connectivity index (χ4n) is 0.785. The van der Waals surface area contributed by atoms with E-state index in [1.54, 1.807) is 17.2 Å². The van der Waals surface area contributed by atoms with Gasteiger partial charge in [0.2, 0.25) is 0 Å². The summed E-state index contributed by atoms with van der Waals surface area (Å²) in [6.07, 6.45) is 1.73. The topological polar surface area (TPSA) is 86.3 Å². The lowest BCUT2D eigenvalue weighted by Gasteiger charge is -2.00. The van der Waals surface area contributed by atoms with Crippen LogP contribution in [0.15, 0.2) is 16.4 Å². The Morgan fingerprint density at radius 3 is 3.08 bits per heavy atom. The lowest BCUT2D eigenvalue weighted by atomic mass is 10.4. The minimum atomic E-state index is -0.499. The maximum atomic E-state index is 11.0. The van der Waals surface area contributed by atoms with Gasteiger partial charge in [0.15, 0.2) is 0 Å². The third-order valence-electron chi connectivity index (χ3n) is 1.37. The SMILES string of the molecule is NNOC(=O)CCn1ccsc1=O. The molecule has 0 radical (unpaired) electrons. The largest absolute Gasteiger partial charge is 0.356 e. The summed E-state index contributed by atoms with van der Waals surface area (Å²) in [6, 6.07) is 0. The van der Waals surface area contributed by atoms with E-state index < -0.39 is 5.97 Å². The second-order valence-corrected chi connectivity index (χ2v) is 3.06. The highest BCUT2D eigenvalue weighted by Gasteiger charge is 2.03. The van der Waals surface area contributed by atoms with Crippen molar-refractivity contribution < 1.29 is 9.63 Å². The molecule has 72 valence electrons. The molecule has 0 spiro atoms. The van der Waals surface area contributed by atoms with Gasteiger partial charge in [0.25, 0.3) is 0 Å². The van der Waals surface area contributed by atoms with Crippen LogP contribution in [0.1, 0.15) is 6.42 Å². The van der Waals surface area contributed by atoms with E-state index in [0.717, 1.165) is 11.3 Å². The van der Waals surface area contributed by atoms with Gasteiger partial charge in [0.05, 0.1) is 6.42 Å². The Labute approximate surface area is 77.8 Å². The van der Waals surface area contributed by atoms with Crippen molar-refractivity contribution in [3.8, 4) is 0 Å². The molecule has 0 bridgehead atoms. The Morgan fingerprint density at radius 2 is 2.54 bits per heavy atom. The van der Waals surface area contributed by atoms with Crippen molar-refractivity contribution >= 4 is 17.3 Å². The molecule has 0 aliphatic rings. The molecule has 1 rings (SSSR count). The summed E-state index contributed by atoms with van der Waals surface area (Å²) in [5.41, 5.74) is 1.78. The zero-order chi connectivity index (χ0) is 9.68. The molecule has 0 aliphatic carbocycles. The summed E-state index contributed by atoms with van der Waals surface area (Å²) in [5, 5.41) is 1.66. The number of nitrogens with one attached hydrogen (secondary N) is 1. The average Bonchev–Trinajstić information content (AvgIpc) is 2.48. The maximum absolute atomic E-state index is 11.0. The first-order valence-electron chi connectivity index (χ1n) is 3.53. The molecule has 0 saturated carbocycles. The van der Waals surface area contributed by atoms with Gasteiger partial charge in [-0.2, -0.15) is 0 Å². The monoisotopic (exact) mass is 203 g/mol. The van der Waals surface area contributed by atoms with Gasteiger partial charge in [-0.25, -0.2) is 5.84 Å². The first-order valence-corrected chi connectivity index (χ1v) is 4.41. The standard InChI is InChI=1S/C6H9N3O3S/c7-8-12-5(10)1-2-9-3-4-13-6(9)11/h3-4,8H,1-2,7H2. The molecule has 0 saturated heterocycles. The second-order valence-electron chi connectivity index (χ2n) is 2.20. The van der Waals surface area contributed by atoms with Crippen molar-refractivity contribution in [2.75, 3.05) is 0 Å². The Balaban J connectivity index is 2.39. The van der Waals surface area contributed by atoms with Gasteiger partial charge < -0.3 is 9.40 Å². The van der Waals surface area contributed by atoms with Crippen LogP contribution in [0.5, 0.6) is 0 Å². The van der Waals surface area contributed by atoms with Gasteiger partial charge in [0.1, 0.15) is 0 Å². The van der Waals surface area contributed by atoms with Crippen molar-refractivity contribution in [1.82, 2.24) is 10.2 Å². The summed E-state index contributed by atoms with van der Waals surface area (Å²) in [7, 11) is 0. The van der Waals surface area contributed by atoms with Gasteiger partial charge in [-0.05, 0) is 0 Å². The van der Waals surface area contributed by atoms with Gasteiger partial charge in [0, 0.05) is 18.1 Å². The number of hydrogen-bond donors (Lipinski definition) is 2. The number of hydrogen-bond acceptors (Lipinski definition) is 6. The van der Waals surface area contributed by atoms with Crippen LogP contribution >= 0.6 is 11.3 Å². The van der Waals surface area contributed by atoms with E-state index in [1.807, 2.05) is 0 Å². The number of hydrazine groups is 1. The maximum Gasteiger partial charge on any atom is 0.328 e. The number of carbonyl (C=O) groups is 1. The lowest BCUT2D eigenvalue weighted by Crippen LogP contribution is -2.27. The van der Waals surface area contributed by atoms with Crippen LogP contribution in [0.25, 0.3) is 0 Å². The molecule has 13 heavy (non-hydrogen) atoms. The smallest absolute Gasteiger partial charge is 0.328 e. The predicted octanol–water partition coefficient (Wildman–Crippen LogP) is -0.779. The van der Waals surface area contributed by atoms with Crippen LogP contribution in [-0.2, 0) is 16.2 Å². The molecular formula is C6H9N3O3S. The number of aryl methyl sites for hydroxylation is 1. The fraction of sp³-hybridized carbons (Fsp3) is 0.333. The van der Waals surface area contributed by atoms with Gasteiger partial charge in [-0.1, -0.05) is 16.9 Å². The van der Waals surface area contributed by atoms with Crippen LogP contribution in [0, 0.1) is 0 Å². The molecule has 1 heterocycles. The Bertz CT molecular complexity index is 332. The van der Waals surface area contributed by atoms with Crippen molar-refractivity contribution in [3.05, 3.63) is 21.2 Å². The molecule has 3 N–H and O–H groups in total. The minimum Gasteiger partial charge on any atom is -0.356 e. The molecule has 0 atom stereocenters. The van der Waals surface area contributed by atoms with Crippen LogP contribution in [0.3, 0.4) is 0 Å². The molecule has 0 aliphatic heterocycles. The molecule has 1 aromatic rings. The number of carbonyl (C=O) groups excluding carboxylic acids is 1. The van der Waals surface area contributed by atoms with Crippen molar-refractivity contribution in [3.63, 3.8) is 0 Å². The van der Waals surface area contributed by atoms with Crippen LogP contribution < -0.4 is 16.3 Å². The van der Waals surface area contributed by atoms with Crippen LogP contribution in [0.2, 0.25) is 0 Å². The van der Waals surface area contributed by atoms with E-state index >= 15 is 0 Å². The molecule has 0 amide bonds. The molecule has 0 fully saturated rings. The Hall–Kier alpha value is -1.18. The van der Waals surface area contributed by atoms with Crippen molar-refractivity contribution in [1.29, 1.82) is 0 Å². The molecule has 0 unspecified atom stereocenters. The highest BCUT2D eigenvalue weighted by Crippen LogP contribution is 1.92. The third-order valence-corrected chi connectivity index (χ3v) is 2.07. The first kappa shape index (κ1) is 9.90. The highest BCUT2D eigenvalue weighted by atomic mass is 32.1. The molecule has 6 nitrogen and oxygen atoms in total. The summed E-state index contributed by atoms with van der Waals surface area (Å²) >= 11 is 1.08. The second kappa shape index (κ2) is 4.75. The third kappa shape index (κ3) is 2.98. The predicted molar refractivity (Wildman–Crippen MR) is 46.6 cm³/mol. The van der Waals surface area contributed by atoms with Crippen molar-refractivity contribution in [2.45, 2.75) is 13.0 Å². The van der Waals surface area contributed by atoms with Gasteiger partial charge in [-0.15, -0.1) is 0 Å². The van der Waals surface area contributed by atoms with E-state index in [1.165, 1.54) is 4.57 Å². The normalized spacial score (nSPS) is 9.92. The van der Waals surface area contributed by atoms with E-state index in [9.17, 15) is 9.59 Å². The molecule has 7 heteroatoms. The van der Waals surface area contributed by atoms with E-state index in [0.29, 0.717) is 6.54 Å². The average molecular weight is 203 g/mol. The highest BCUT2D eigenvalue weighted by molar-refractivity contribution is 7.07. The van der Waals surface area contributed by atoms with Gasteiger partial charge in [-0.3, -0.25) is 9.59 Å². The number of nitrogens with two attached hydrogens (primary N) is 1. The number of rotatable bonds is 4. The summed E-state index contributed by atoms with van der Waals surface area (Å²) in [6.45, 7) is 0.308. The summed E-state index contributed by atoms with van der Waals surface area (Å²) in [5.74, 6) is 4.25. The zero-order valence-corrected chi connectivity index (χ0v) is 7.54. The quantitative estimate of drug-likeness (QED) is 0.495. The fourth-order valence-corrected chi connectivity index (χ4v) is 1.40. The van der Waals surface area contributed by atoms with Crippen LogP contribution in [-0.4, -0.2) is 10.5 Å². The van der Waals surface area contributed by atoms with E-state index in [2.05, 4.69) is 4.84 Å². The number of aromatic nitrogens is 1. The Morgan fingerprint density at radius 1 is 1.77 bits per heavy atom. The lowest BCUT2D eigenvalue weighted by molar-refractivity contribution is -0.151. The van der Waals surface area contributed by atoms with Gasteiger partial charge >= 0.3 is 10.8 Å². The summed E-state index contributed by atoms with van der Waals surface area (Å²) < 4.78 is 1.43. The first-order chi connectivity index (χ1) is 6.24. The minimum absolute atomic E-state index is 0.0893. The molecule has 1 aromatic heterocycles. The van der Waals surface area contributed by atoms with E-state index in [4.69, 9.17) is 5.84 Å².